The molecule has 1 aliphatic rings. The third-order valence-corrected chi connectivity index (χ3v) is 3.65. The lowest BCUT2D eigenvalue weighted by Gasteiger charge is -2.09. The number of para-hydroxylation sites is 1. The summed E-state index contributed by atoms with van der Waals surface area (Å²) >= 11 is 5.87. The van der Waals surface area contributed by atoms with Crippen molar-refractivity contribution in [2.75, 3.05) is 11.9 Å². The second-order valence-electron chi connectivity index (χ2n) is 4.67. The zero-order valence-electron chi connectivity index (χ0n) is 10.9. The van der Waals surface area contributed by atoms with E-state index in [4.69, 9.17) is 16.3 Å². The number of hydrogen-bond donors (Lipinski definition) is 1. The third kappa shape index (κ3) is 2.49. The molecule has 0 unspecified atom stereocenters. The maximum absolute atomic E-state index is 12.3. The number of ether oxygens (including phenoxy) is 1. The van der Waals surface area contributed by atoms with E-state index in [1.807, 2.05) is 36.4 Å². The van der Waals surface area contributed by atoms with Crippen LogP contribution >= 0.6 is 11.6 Å². The largest absolute Gasteiger partial charge is 0.493 e. The van der Waals surface area contributed by atoms with Crippen LogP contribution in [0.3, 0.4) is 0 Å². The monoisotopic (exact) mass is 287 g/mol. The number of anilines is 1. The van der Waals surface area contributed by atoms with Gasteiger partial charge in [-0.1, -0.05) is 18.2 Å². The van der Waals surface area contributed by atoms with Gasteiger partial charge in [-0.2, -0.15) is 0 Å². The van der Waals surface area contributed by atoms with Crippen molar-refractivity contribution in [1.29, 1.82) is 0 Å². The molecule has 0 atom stereocenters. The fourth-order valence-corrected chi connectivity index (χ4v) is 2.51. The van der Waals surface area contributed by atoms with Crippen molar-refractivity contribution in [3.05, 3.63) is 59.2 Å². The summed E-state index contributed by atoms with van der Waals surface area (Å²) in [6, 6.07) is 13.1. The normalized spacial score (nSPS) is 12.7. The average molecular weight is 288 g/mol. The van der Waals surface area contributed by atoms with Crippen LogP contribution in [0.2, 0.25) is 0 Å². The first-order chi connectivity index (χ1) is 9.78. The molecule has 0 bridgehead atoms. The Labute approximate surface area is 122 Å². The second kappa shape index (κ2) is 5.55. The topological polar surface area (TPSA) is 38.3 Å². The number of carbonyl (C=O) groups excluding carboxylic acids is 1. The highest BCUT2D eigenvalue weighted by Crippen LogP contribution is 2.26. The predicted octanol–water partition coefficient (Wildman–Crippen LogP) is 3.61. The van der Waals surface area contributed by atoms with Gasteiger partial charge in [-0.15, -0.1) is 11.6 Å². The Hall–Kier alpha value is -2.00. The lowest BCUT2D eigenvalue weighted by molar-refractivity contribution is 0.102. The van der Waals surface area contributed by atoms with E-state index in [-0.39, 0.29) is 5.91 Å². The minimum absolute atomic E-state index is 0.128. The number of fused-ring (bicyclic) bond motifs is 1. The fourth-order valence-electron chi connectivity index (χ4n) is 2.28. The quantitative estimate of drug-likeness (QED) is 0.876. The van der Waals surface area contributed by atoms with E-state index in [9.17, 15) is 4.79 Å². The van der Waals surface area contributed by atoms with Crippen molar-refractivity contribution in [3.63, 3.8) is 0 Å². The molecule has 0 fully saturated rings. The predicted molar refractivity (Wildman–Crippen MR) is 79.6 cm³/mol. The number of carbonyl (C=O) groups is 1. The number of nitrogens with one attached hydrogen (secondary N) is 1. The third-order valence-electron chi connectivity index (χ3n) is 3.36. The summed E-state index contributed by atoms with van der Waals surface area (Å²) in [6.45, 7) is 0.690. The molecule has 20 heavy (non-hydrogen) atoms. The SMILES string of the molecule is O=C(Nc1ccccc1CCl)c1ccc2c(c1)CCO2. The van der Waals surface area contributed by atoms with Crippen molar-refractivity contribution < 1.29 is 9.53 Å². The molecule has 0 aromatic heterocycles. The van der Waals surface area contributed by atoms with Crippen molar-refractivity contribution in [1.82, 2.24) is 0 Å². The van der Waals surface area contributed by atoms with Crippen molar-refractivity contribution in [2.24, 2.45) is 0 Å². The Kier molecular flexibility index (Phi) is 3.61. The summed E-state index contributed by atoms with van der Waals surface area (Å²) in [7, 11) is 0. The molecule has 1 heterocycles. The molecule has 1 amide bonds. The zero-order chi connectivity index (χ0) is 13.9. The molecule has 4 heteroatoms. The molecule has 0 spiro atoms. The van der Waals surface area contributed by atoms with E-state index in [1.54, 1.807) is 6.07 Å². The maximum Gasteiger partial charge on any atom is 0.255 e. The van der Waals surface area contributed by atoms with E-state index in [2.05, 4.69) is 5.32 Å². The summed E-state index contributed by atoms with van der Waals surface area (Å²) in [6.07, 6.45) is 0.856. The highest BCUT2D eigenvalue weighted by Gasteiger charge is 2.15. The molecule has 2 aromatic rings. The highest BCUT2D eigenvalue weighted by molar-refractivity contribution is 6.17. The lowest BCUT2D eigenvalue weighted by Crippen LogP contribution is -2.13. The minimum Gasteiger partial charge on any atom is -0.493 e. The van der Waals surface area contributed by atoms with Gasteiger partial charge in [0.25, 0.3) is 5.91 Å². The smallest absolute Gasteiger partial charge is 0.255 e. The van der Waals surface area contributed by atoms with E-state index in [0.717, 1.165) is 29.0 Å². The van der Waals surface area contributed by atoms with Crippen LogP contribution in [0, 0.1) is 0 Å². The van der Waals surface area contributed by atoms with Gasteiger partial charge in [0.15, 0.2) is 0 Å². The van der Waals surface area contributed by atoms with Crippen LogP contribution in [0.1, 0.15) is 21.5 Å². The van der Waals surface area contributed by atoms with Gasteiger partial charge >= 0.3 is 0 Å². The van der Waals surface area contributed by atoms with Gasteiger partial charge in [0.05, 0.1) is 6.61 Å². The first kappa shape index (κ1) is 13.0. The molecule has 3 nitrogen and oxygen atoms in total. The summed E-state index contributed by atoms with van der Waals surface area (Å²) in [4.78, 5) is 12.3. The molecule has 2 aromatic carbocycles. The van der Waals surface area contributed by atoms with Crippen LogP contribution in [0.25, 0.3) is 0 Å². The number of rotatable bonds is 3. The van der Waals surface area contributed by atoms with Gasteiger partial charge < -0.3 is 10.1 Å². The number of amides is 1. The molecule has 0 aliphatic carbocycles. The summed E-state index contributed by atoms with van der Waals surface area (Å²) in [5.41, 5.74) is 3.39. The summed E-state index contributed by atoms with van der Waals surface area (Å²) in [5.74, 6) is 1.12. The summed E-state index contributed by atoms with van der Waals surface area (Å²) < 4.78 is 5.44. The van der Waals surface area contributed by atoms with E-state index in [1.165, 1.54) is 0 Å². The van der Waals surface area contributed by atoms with Crippen LogP contribution in [0.5, 0.6) is 5.75 Å². The first-order valence-electron chi connectivity index (χ1n) is 6.49. The van der Waals surface area contributed by atoms with Crippen molar-refractivity contribution in [2.45, 2.75) is 12.3 Å². The van der Waals surface area contributed by atoms with Crippen molar-refractivity contribution >= 4 is 23.2 Å². The Morgan fingerprint density at radius 2 is 2.10 bits per heavy atom. The number of benzene rings is 2. The van der Waals surface area contributed by atoms with Crippen LogP contribution in [-0.2, 0) is 12.3 Å². The fraction of sp³-hybridized carbons (Fsp3) is 0.188. The van der Waals surface area contributed by atoms with Gasteiger partial charge in [-0.25, -0.2) is 0 Å². The molecule has 0 saturated carbocycles. The average Bonchev–Trinajstić information content (AvgIpc) is 2.95. The van der Waals surface area contributed by atoms with Gasteiger partial charge in [0, 0.05) is 23.6 Å². The molecule has 1 N–H and O–H groups in total. The first-order valence-corrected chi connectivity index (χ1v) is 7.02. The highest BCUT2D eigenvalue weighted by atomic mass is 35.5. The van der Waals surface area contributed by atoms with E-state index >= 15 is 0 Å². The molecule has 1 aliphatic heterocycles. The minimum atomic E-state index is -0.128. The van der Waals surface area contributed by atoms with Crippen LogP contribution in [0.15, 0.2) is 42.5 Å². The van der Waals surface area contributed by atoms with Crippen LogP contribution in [-0.4, -0.2) is 12.5 Å². The molecule has 0 saturated heterocycles. The Morgan fingerprint density at radius 1 is 1.25 bits per heavy atom. The van der Waals surface area contributed by atoms with Gasteiger partial charge in [0.2, 0.25) is 0 Å². The number of hydrogen-bond acceptors (Lipinski definition) is 2. The van der Waals surface area contributed by atoms with Crippen LogP contribution in [0.4, 0.5) is 5.69 Å². The Bertz CT molecular complexity index is 655. The zero-order valence-corrected chi connectivity index (χ0v) is 11.6. The van der Waals surface area contributed by atoms with E-state index < -0.39 is 0 Å². The maximum atomic E-state index is 12.3. The number of halogens is 1. The molecular weight excluding hydrogens is 274 g/mol. The van der Waals surface area contributed by atoms with E-state index in [0.29, 0.717) is 18.1 Å². The molecule has 102 valence electrons. The standard InChI is InChI=1S/C16H14ClNO2/c17-10-13-3-1-2-4-14(13)18-16(19)12-5-6-15-11(9-12)7-8-20-15/h1-6,9H,7-8,10H2,(H,18,19). The van der Waals surface area contributed by atoms with Gasteiger partial charge in [-0.3, -0.25) is 4.79 Å². The molecule has 3 rings (SSSR count). The Morgan fingerprint density at radius 3 is 2.95 bits per heavy atom. The molecule has 0 radical (unpaired) electrons. The molecular formula is C16H14ClNO2. The van der Waals surface area contributed by atoms with Crippen LogP contribution < -0.4 is 10.1 Å². The number of alkyl halides is 1. The van der Waals surface area contributed by atoms with Gasteiger partial charge in [0.1, 0.15) is 5.75 Å². The Balaban J connectivity index is 1.83. The van der Waals surface area contributed by atoms with Crippen molar-refractivity contribution in [3.8, 4) is 5.75 Å². The summed E-state index contributed by atoms with van der Waals surface area (Å²) in [5, 5.41) is 2.90. The lowest BCUT2D eigenvalue weighted by atomic mass is 10.1. The van der Waals surface area contributed by atoms with Gasteiger partial charge in [-0.05, 0) is 35.4 Å². The second-order valence-corrected chi connectivity index (χ2v) is 4.93.